The van der Waals surface area contributed by atoms with Gasteiger partial charge in [0.1, 0.15) is 11.3 Å². The Morgan fingerprint density at radius 3 is 1.67 bits per heavy atom. The van der Waals surface area contributed by atoms with Crippen LogP contribution in [0.2, 0.25) is 0 Å². The fourth-order valence-electron chi connectivity index (χ4n) is 6.64. The van der Waals surface area contributed by atoms with Crippen molar-refractivity contribution in [3.63, 3.8) is 0 Å². The summed E-state index contributed by atoms with van der Waals surface area (Å²) in [5.41, 5.74) is 13.3. The summed E-state index contributed by atoms with van der Waals surface area (Å²) in [6.45, 7) is 23.6. The molecule has 1 aromatic carbocycles. The topological polar surface area (TPSA) is 86.2 Å². The Kier molecular flexibility index (Phi) is 9.20. The van der Waals surface area contributed by atoms with Crippen LogP contribution in [0.5, 0.6) is 0 Å². The van der Waals surface area contributed by atoms with Crippen LogP contribution in [-0.4, -0.2) is 38.7 Å². The molecular weight excluding hydrogens is 665 g/mol. The van der Waals surface area contributed by atoms with E-state index < -0.39 is 0 Å². The average Bonchev–Trinajstić information content (AvgIpc) is 3.73. The molecule has 0 unspecified atom stereocenters. The van der Waals surface area contributed by atoms with Crippen molar-refractivity contribution < 1.29 is 0 Å². The molecule has 8 heteroatoms. The van der Waals surface area contributed by atoms with Crippen LogP contribution < -0.4 is 0 Å². The number of aromatic nitrogens is 8. The minimum Gasteiger partial charge on any atom is -0.298 e. The largest absolute Gasteiger partial charge is 0.298 e. The van der Waals surface area contributed by atoms with E-state index in [0.717, 1.165) is 83.4 Å². The zero-order valence-electron chi connectivity index (χ0n) is 33.4. The highest BCUT2D eigenvalue weighted by atomic mass is 15.0. The first kappa shape index (κ1) is 36.6. The maximum absolute atomic E-state index is 4.94. The number of nitrogens with zero attached hydrogens (tertiary/aromatic N) is 8. The molecular formula is C46H50N8. The van der Waals surface area contributed by atoms with Gasteiger partial charge >= 0.3 is 0 Å². The molecule has 0 spiro atoms. The van der Waals surface area contributed by atoms with Crippen LogP contribution in [0.1, 0.15) is 93.2 Å². The van der Waals surface area contributed by atoms with E-state index >= 15 is 0 Å². The second-order valence-electron chi connectivity index (χ2n) is 16.7. The van der Waals surface area contributed by atoms with Crippen LogP contribution in [0, 0.1) is 0 Å². The molecule has 8 heterocycles. The zero-order chi connectivity index (χ0) is 38.6. The van der Waals surface area contributed by atoms with Crippen molar-refractivity contribution in [2.75, 3.05) is 0 Å². The number of hydrogen-bond donors (Lipinski definition) is 0. The van der Waals surface area contributed by atoms with Gasteiger partial charge in [0.15, 0.2) is 0 Å². The van der Waals surface area contributed by atoms with Crippen molar-refractivity contribution in [1.29, 1.82) is 0 Å². The van der Waals surface area contributed by atoms with Gasteiger partial charge in [0.05, 0.1) is 45.5 Å². The highest BCUT2D eigenvalue weighted by Gasteiger charge is 2.21. The summed E-state index contributed by atoms with van der Waals surface area (Å²) in [7, 11) is 0. The van der Waals surface area contributed by atoms with E-state index in [2.05, 4.69) is 148 Å². The number of imidazole rings is 2. The highest BCUT2D eigenvalue weighted by Crippen LogP contribution is 2.33. The molecule has 54 heavy (non-hydrogen) atoms. The smallest absolute Gasteiger partial charge is 0.147 e. The minimum atomic E-state index is -0.0111. The molecule has 0 aliphatic carbocycles. The van der Waals surface area contributed by atoms with Crippen molar-refractivity contribution in [3.8, 4) is 11.1 Å². The summed E-state index contributed by atoms with van der Waals surface area (Å²) < 4.78 is 4.25. The standard InChI is InChI=1S/C23H20N4.C21H24N4.C2H6/c1-23(2,3)20-12-18-19(13-25-20)27-14-17(15-8-5-4-6-9-15)21-16(22(27)26-18)10-7-11-24-21;1-20(2,3)17-8-7-13-14(23-17)9-10-25-16-12-22-18(21(4,5)6)11-15(16)24-19(13)25;1-2/h4-14H,1-3H3;7-12H,1-6H3;1-2H3. The Hall–Kier alpha value is -5.76. The van der Waals surface area contributed by atoms with Gasteiger partial charge in [-0.1, -0.05) is 106 Å². The molecule has 8 nitrogen and oxygen atoms in total. The molecule has 0 saturated heterocycles. The summed E-state index contributed by atoms with van der Waals surface area (Å²) in [5, 5.41) is 2.12. The predicted octanol–water partition coefficient (Wildman–Crippen LogP) is 11.4. The maximum Gasteiger partial charge on any atom is 0.147 e. The van der Waals surface area contributed by atoms with Crippen LogP contribution in [-0.2, 0) is 16.2 Å². The minimum absolute atomic E-state index is 0.00915. The van der Waals surface area contributed by atoms with E-state index in [-0.39, 0.29) is 16.2 Å². The zero-order valence-corrected chi connectivity index (χ0v) is 33.4. The van der Waals surface area contributed by atoms with Crippen molar-refractivity contribution in [3.05, 3.63) is 121 Å². The van der Waals surface area contributed by atoms with Crippen molar-refractivity contribution in [2.24, 2.45) is 0 Å². The Morgan fingerprint density at radius 1 is 0.500 bits per heavy atom. The van der Waals surface area contributed by atoms with Gasteiger partial charge in [0.25, 0.3) is 0 Å². The molecule has 0 bridgehead atoms. The van der Waals surface area contributed by atoms with E-state index in [9.17, 15) is 0 Å². The molecule has 0 aliphatic heterocycles. The van der Waals surface area contributed by atoms with E-state index in [4.69, 9.17) is 19.9 Å². The van der Waals surface area contributed by atoms with Gasteiger partial charge in [-0.15, -0.1) is 0 Å². The molecule has 0 amide bonds. The number of rotatable bonds is 1. The highest BCUT2D eigenvalue weighted by molar-refractivity contribution is 6.03. The van der Waals surface area contributed by atoms with E-state index in [1.165, 1.54) is 0 Å². The number of fused-ring (bicyclic) bond motifs is 10. The molecule has 0 saturated carbocycles. The van der Waals surface area contributed by atoms with E-state index in [0.29, 0.717) is 0 Å². The first-order valence-corrected chi connectivity index (χ1v) is 18.9. The van der Waals surface area contributed by atoms with Crippen LogP contribution in [0.4, 0.5) is 0 Å². The predicted molar refractivity (Wildman–Crippen MR) is 224 cm³/mol. The SMILES string of the molecule is CC.CC(C)(C)c1cc2nc3c4ccc(C(C)(C)C)nc4ccn3c2cn1.CC(C)(C)c1cc2nc3c4cccnc4c(-c4ccccc4)cn3c2cn1. The quantitative estimate of drug-likeness (QED) is 0.168. The van der Waals surface area contributed by atoms with Crippen molar-refractivity contribution >= 4 is 55.2 Å². The van der Waals surface area contributed by atoms with Crippen LogP contribution in [0.15, 0.2) is 104 Å². The monoisotopic (exact) mass is 714 g/mol. The lowest BCUT2D eigenvalue weighted by molar-refractivity contribution is 0.570. The fraction of sp³-hybridized carbons (Fsp3) is 0.304. The van der Waals surface area contributed by atoms with Gasteiger partial charge in [-0.3, -0.25) is 28.7 Å². The van der Waals surface area contributed by atoms with Crippen molar-refractivity contribution in [1.82, 2.24) is 38.7 Å². The molecule has 0 radical (unpaired) electrons. The number of pyridine rings is 6. The van der Waals surface area contributed by atoms with Crippen LogP contribution >= 0.6 is 0 Å². The summed E-state index contributed by atoms with van der Waals surface area (Å²) in [6, 6.07) is 25.0. The lowest BCUT2D eigenvalue weighted by atomic mass is 9.91. The Bertz CT molecular complexity index is 2790. The Balaban J connectivity index is 0.000000160. The summed E-state index contributed by atoms with van der Waals surface area (Å²) in [5.74, 6) is 0. The first-order chi connectivity index (χ1) is 25.7. The maximum atomic E-state index is 4.94. The molecule has 0 fully saturated rings. The number of benzene rings is 1. The second-order valence-corrected chi connectivity index (χ2v) is 16.7. The normalized spacial score (nSPS) is 12.4. The van der Waals surface area contributed by atoms with Gasteiger partial charge in [0.2, 0.25) is 0 Å². The Morgan fingerprint density at radius 2 is 1.07 bits per heavy atom. The Labute approximate surface area is 317 Å². The average molecular weight is 715 g/mol. The lowest BCUT2D eigenvalue weighted by Crippen LogP contribution is -2.13. The fourth-order valence-corrected chi connectivity index (χ4v) is 6.64. The molecule has 0 atom stereocenters. The molecule has 0 aliphatic rings. The summed E-state index contributed by atoms with van der Waals surface area (Å²) in [4.78, 5) is 28.7. The van der Waals surface area contributed by atoms with Crippen LogP contribution in [0.3, 0.4) is 0 Å². The molecule has 9 aromatic rings. The number of hydrogen-bond acceptors (Lipinski definition) is 6. The lowest BCUT2D eigenvalue weighted by Gasteiger charge is -2.18. The van der Waals surface area contributed by atoms with E-state index in [1.807, 2.05) is 50.8 Å². The van der Waals surface area contributed by atoms with E-state index in [1.54, 1.807) is 0 Å². The van der Waals surface area contributed by atoms with Crippen molar-refractivity contribution in [2.45, 2.75) is 92.4 Å². The van der Waals surface area contributed by atoms with Gasteiger partial charge < -0.3 is 0 Å². The second kappa shape index (κ2) is 13.6. The van der Waals surface area contributed by atoms with Gasteiger partial charge in [-0.2, -0.15) is 0 Å². The molecule has 0 N–H and O–H groups in total. The van der Waals surface area contributed by atoms with Gasteiger partial charge in [-0.25, -0.2) is 9.97 Å². The summed E-state index contributed by atoms with van der Waals surface area (Å²) in [6.07, 6.45) is 9.89. The molecule has 274 valence electrons. The third-order valence-electron chi connectivity index (χ3n) is 9.65. The first-order valence-electron chi connectivity index (χ1n) is 18.9. The third kappa shape index (κ3) is 6.66. The summed E-state index contributed by atoms with van der Waals surface area (Å²) >= 11 is 0. The molecule has 9 rings (SSSR count). The third-order valence-corrected chi connectivity index (χ3v) is 9.65. The van der Waals surface area contributed by atoms with Gasteiger partial charge in [0, 0.05) is 68.3 Å². The van der Waals surface area contributed by atoms with Crippen LogP contribution in [0.25, 0.3) is 66.3 Å². The van der Waals surface area contributed by atoms with Gasteiger partial charge in [-0.05, 0) is 48.0 Å². The molecule has 8 aromatic heterocycles.